The quantitative estimate of drug-likeness (QED) is 0.862. The lowest BCUT2D eigenvalue weighted by molar-refractivity contribution is -0.121. The fraction of sp³-hybridized carbons (Fsp3) is 0.263. The molecule has 1 aliphatic rings. The highest BCUT2D eigenvalue weighted by Crippen LogP contribution is 2.15. The zero-order chi connectivity index (χ0) is 18.5. The molecule has 5 nitrogen and oxygen atoms in total. The Morgan fingerprint density at radius 2 is 1.69 bits per heavy atom. The van der Waals surface area contributed by atoms with Crippen LogP contribution in [-0.4, -0.2) is 41.4 Å². The number of hydrogen-bond donors (Lipinski definition) is 1. The molecule has 136 valence electrons. The van der Waals surface area contributed by atoms with Crippen LogP contribution in [0.2, 0.25) is 0 Å². The van der Waals surface area contributed by atoms with Crippen molar-refractivity contribution in [3.63, 3.8) is 0 Å². The predicted molar refractivity (Wildman–Crippen MR) is 92.0 cm³/mol. The molecule has 26 heavy (non-hydrogen) atoms. The Hall–Kier alpha value is -2.96. The van der Waals surface area contributed by atoms with Crippen LogP contribution in [0.4, 0.5) is 13.6 Å². The van der Waals surface area contributed by atoms with Crippen molar-refractivity contribution in [2.24, 2.45) is 0 Å². The van der Waals surface area contributed by atoms with Crippen LogP contribution in [0.1, 0.15) is 11.1 Å². The lowest BCUT2D eigenvalue weighted by atomic mass is 10.2. The van der Waals surface area contributed by atoms with Gasteiger partial charge >= 0.3 is 6.03 Å². The smallest absolute Gasteiger partial charge is 0.320 e. The second-order valence-corrected chi connectivity index (χ2v) is 6.12. The molecule has 3 amide bonds. The Kier molecular flexibility index (Phi) is 5.46. The summed E-state index contributed by atoms with van der Waals surface area (Å²) in [6, 6.07) is 11.9. The second-order valence-electron chi connectivity index (χ2n) is 6.12. The summed E-state index contributed by atoms with van der Waals surface area (Å²) in [6.07, 6.45) is 0. The lowest BCUT2D eigenvalue weighted by Crippen LogP contribution is -2.39. The van der Waals surface area contributed by atoms with Crippen molar-refractivity contribution in [3.05, 3.63) is 71.3 Å². The van der Waals surface area contributed by atoms with Gasteiger partial charge in [0.15, 0.2) is 0 Å². The molecular weight excluding hydrogens is 340 g/mol. The third-order valence-corrected chi connectivity index (χ3v) is 4.24. The maximum Gasteiger partial charge on any atom is 0.320 e. The second kappa shape index (κ2) is 7.95. The highest BCUT2D eigenvalue weighted by atomic mass is 19.1. The molecule has 0 atom stereocenters. The average Bonchev–Trinajstić information content (AvgIpc) is 2.96. The Bertz CT molecular complexity index is 796. The Morgan fingerprint density at radius 1 is 1.00 bits per heavy atom. The Balaban J connectivity index is 1.49. The van der Waals surface area contributed by atoms with Crippen LogP contribution < -0.4 is 5.32 Å². The Labute approximate surface area is 150 Å². The highest BCUT2D eigenvalue weighted by molar-refractivity contribution is 5.85. The number of halogens is 2. The van der Waals surface area contributed by atoms with Crippen molar-refractivity contribution in [3.8, 4) is 0 Å². The summed E-state index contributed by atoms with van der Waals surface area (Å²) in [7, 11) is 0. The van der Waals surface area contributed by atoms with Crippen LogP contribution in [0.25, 0.3) is 0 Å². The summed E-state index contributed by atoms with van der Waals surface area (Å²) in [5.41, 5.74) is 1.22. The third kappa shape index (κ3) is 4.36. The zero-order valence-corrected chi connectivity index (χ0v) is 14.1. The van der Waals surface area contributed by atoms with E-state index in [-0.39, 0.29) is 43.2 Å². The maximum absolute atomic E-state index is 13.7. The van der Waals surface area contributed by atoms with Crippen LogP contribution >= 0.6 is 0 Å². The SMILES string of the molecule is O=C(CN1CCN(Cc2ccccc2F)C1=O)NCc1ccc(F)cc1. The van der Waals surface area contributed by atoms with Crippen LogP contribution in [0, 0.1) is 11.6 Å². The number of carbonyl (C=O) groups is 2. The molecule has 1 fully saturated rings. The molecule has 0 radical (unpaired) electrons. The van der Waals surface area contributed by atoms with Crippen molar-refractivity contribution < 1.29 is 18.4 Å². The van der Waals surface area contributed by atoms with E-state index in [0.29, 0.717) is 18.7 Å². The van der Waals surface area contributed by atoms with Crippen molar-refractivity contribution in [1.29, 1.82) is 0 Å². The van der Waals surface area contributed by atoms with Gasteiger partial charge in [-0.15, -0.1) is 0 Å². The van der Waals surface area contributed by atoms with Gasteiger partial charge in [0, 0.05) is 25.2 Å². The monoisotopic (exact) mass is 359 g/mol. The lowest BCUT2D eigenvalue weighted by Gasteiger charge is -2.18. The van der Waals surface area contributed by atoms with Gasteiger partial charge in [-0.05, 0) is 23.8 Å². The standard InChI is InChI=1S/C19H19F2N3O2/c20-16-7-5-14(6-8-16)11-22-18(25)13-24-10-9-23(19(24)26)12-15-3-1-2-4-17(15)21/h1-8H,9-13H2,(H,22,25). The van der Waals surface area contributed by atoms with Gasteiger partial charge in [0.2, 0.25) is 5.91 Å². The minimum absolute atomic E-state index is 0.0617. The van der Waals surface area contributed by atoms with E-state index in [1.807, 2.05) is 0 Å². The molecule has 3 rings (SSSR count). The summed E-state index contributed by atoms with van der Waals surface area (Å²) < 4.78 is 26.6. The minimum Gasteiger partial charge on any atom is -0.350 e. The summed E-state index contributed by atoms with van der Waals surface area (Å²) in [6.45, 7) is 1.24. The normalized spacial score (nSPS) is 14.0. The summed E-state index contributed by atoms with van der Waals surface area (Å²) in [5, 5.41) is 2.71. The van der Waals surface area contributed by atoms with Gasteiger partial charge in [0.1, 0.15) is 18.2 Å². The fourth-order valence-corrected chi connectivity index (χ4v) is 2.79. The molecule has 1 aliphatic heterocycles. The first kappa shape index (κ1) is 17.8. The topological polar surface area (TPSA) is 52.7 Å². The molecule has 0 aliphatic carbocycles. The first-order valence-electron chi connectivity index (χ1n) is 8.31. The molecule has 0 bridgehead atoms. The zero-order valence-electron chi connectivity index (χ0n) is 14.1. The average molecular weight is 359 g/mol. The minimum atomic E-state index is -0.351. The molecule has 7 heteroatoms. The molecule has 1 N–H and O–H groups in total. The number of nitrogens with one attached hydrogen (secondary N) is 1. The molecule has 1 heterocycles. The number of nitrogens with zero attached hydrogens (tertiary/aromatic N) is 2. The fourth-order valence-electron chi connectivity index (χ4n) is 2.79. The van der Waals surface area contributed by atoms with E-state index in [9.17, 15) is 18.4 Å². The molecule has 2 aromatic rings. The van der Waals surface area contributed by atoms with E-state index in [1.54, 1.807) is 30.3 Å². The van der Waals surface area contributed by atoms with Gasteiger partial charge in [-0.1, -0.05) is 30.3 Å². The molecule has 1 saturated heterocycles. The van der Waals surface area contributed by atoms with E-state index >= 15 is 0 Å². The van der Waals surface area contributed by atoms with Gasteiger partial charge in [0.05, 0.1) is 6.54 Å². The van der Waals surface area contributed by atoms with Gasteiger partial charge in [-0.2, -0.15) is 0 Å². The summed E-state index contributed by atoms with van der Waals surface area (Å²) >= 11 is 0. The van der Waals surface area contributed by atoms with Crippen molar-refractivity contribution >= 4 is 11.9 Å². The molecule has 0 saturated carbocycles. The molecule has 0 spiro atoms. The van der Waals surface area contributed by atoms with Gasteiger partial charge in [-0.3, -0.25) is 4.79 Å². The number of hydrogen-bond acceptors (Lipinski definition) is 2. The number of carbonyl (C=O) groups excluding carboxylic acids is 2. The number of amides is 3. The van der Waals surface area contributed by atoms with Crippen LogP contribution in [-0.2, 0) is 17.9 Å². The molecule has 0 aromatic heterocycles. The number of rotatable bonds is 6. The first-order valence-corrected chi connectivity index (χ1v) is 8.31. The van der Waals surface area contributed by atoms with E-state index in [0.717, 1.165) is 5.56 Å². The van der Waals surface area contributed by atoms with Crippen molar-refractivity contribution in [2.75, 3.05) is 19.6 Å². The van der Waals surface area contributed by atoms with E-state index < -0.39 is 0 Å². The predicted octanol–water partition coefficient (Wildman–Crippen LogP) is 2.52. The summed E-state index contributed by atoms with van der Waals surface area (Å²) in [5.74, 6) is -0.983. The largest absolute Gasteiger partial charge is 0.350 e. The molecule has 2 aromatic carbocycles. The summed E-state index contributed by atoms with van der Waals surface area (Å²) in [4.78, 5) is 27.4. The maximum atomic E-state index is 13.7. The molecular formula is C19H19F2N3O2. The first-order chi connectivity index (χ1) is 12.5. The molecule has 0 unspecified atom stereocenters. The van der Waals surface area contributed by atoms with Crippen molar-refractivity contribution in [2.45, 2.75) is 13.1 Å². The number of benzene rings is 2. The third-order valence-electron chi connectivity index (χ3n) is 4.24. The van der Waals surface area contributed by atoms with Gasteiger partial charge in [-0.25, -0.2) is 13.6 Å². The van der Waals surface area contributed by atoms with E-state index in [1.165, 1.54) is 28.0 Å². The Morgan fingerprint density at radius 3 is 2.42 bits per heavy atom. The van der Waals surface area contributed by atoms with Gasteiger partial charge in [0.25, 0.3) is 0 Å². The van der Waals surface area contributed by atoms with E-state index in [2.05, 4.69) is 5.32 Å². The van der Waals surface area contributed by atoms with Crippen LogP contribution in [0.5, 0.6) is 0 Å². The van der Waals surface area contributed by atoms with Crippen molar-refractivity contribution in [1.82, 2.24) is 15.1 Å². The highest BCUT2D eigenvalue weighted by Gasteiger charge is 2.30. The van der Waals surface area contributed by atoms with Crippen LogP contribution in [0.3, 0.4) is 0 Å². The number of urea groups is 1. The van der Waals surface area contributed by atoms with Gasteiger partial charge < -0.3 is 15.1 Å². The van der Waals surface area contributed by atoms with E-state index in [4.69, 9.17) is 0 Å². The van der Waals surface area contributed by atoms with Crippen LogP contribution in [0.15, 0.2) is 48.5 Å².